The van der Waals surface area contributed by atoms with Gasteiger partial charge < -0.3 is 19.3 Å². The molecule has 0 atom stereocenters. The summed E-state index contributed by atoms with van der Waals surface area (Å²) in [5.41, 5.74) is 2.15. The van der Waals surface area contributed by atoms with Crippen molar-refractivity contribution in [3.8, 4) is 11.5 Å². The zero-order valence-corrected chi connectivity index (χ0v) is 20.4. The van der Waals surface area contributed by atoms with Crippen LogP contribution in [0.2, 0.25) is 0 Å². The van der Waals surface area contributed by atoms with Crippen molar-refractivity contribution in [2.24, 2.45) is 0 Å². The van der Waals surface area contributed by atoms with Crippen molar-refractivity contribution in [3.63, 3.8) is 0 Å². The van der Waals surface area contributed by atoms with Gasteiger partial charge in [0.25, 0.3) is 0 Å². The van der Waals surface area contributed by atoms with Gasteiger partial charge in [0.05, 0.1) is 7.11 Å². The van der Waals surface area contributed by atoms with Gasteiger partial charge in [-0.25, -0.2) is 0 Å². The first-order valence-electron chi connectivity index (χ1n) is 12.0. The number of hydrogen-bond donors (Lipinski definition) is 0. The molecule has 2 aromatic rings. The number of nitrogens with zero attached hydrogens (tertiary/aromatic N) is 5. The van der Waals surface area contributed by atoms with Crippen LogP contribution < -0.4 is 9.47 Å². The standard InChI is InChI=1S/C25H35N5O4/c1-19-6-9-26-30(19)18-25(32)29-10-7-22(8-11-29)34-24-16-21(4-5-23(24)33-3)17-27-12-14-28(15-13-27)20(2)31/h4-6,9,16,22H,7-8,10-15,17-18H2,1-3H3. The minimum atomic E-state index is 0.0405. The highest BCUT2D eigenvalue weighted by molar-refractivity contribution is 5.76. The van der Waals surface area contributed by atoms with Crippen LogP contribution in [0.15, 0.2) is 30.5 Å². The van der Waals surface area contributed by atoms with Gasteiger partial charge in [0.1, 0.15) is 12.6 Å². The van der Waals surface area contributed by atoms with Crippen LogP contribution in [0.25, 0.3) is 0 Å². The number of likely N-dealkylation sites (tertiary alicyclic amines) is 1. The first-order chi connectivity index (χ1) is 16.4. The molecule has 2 fully saturated rings. The minimum absolute atomic E-state index is 0.0405. The Balaban J connectivity index is 1.30. The van der Waals surface area contributed by atoms with Gasteiger partial charge in [-0.15, -0.1) is 0 Å². The molecular formula is C25H35N5O4. The monoisotopic (exact) mass is 469 g/mol. The molecule has 2 amide bonds. The highest BCUT2D eigenvalue weighted by Gasteiger charge is 2.25. The Morgan fingerprint density at radius 3 is 2.35 bits per heavy atom. The van der Waals surface area contributed by atoms with Gasteiger partial charge in [-0.05, 0) is 30.7 Å². The molecule has 1 aromatic heterocycles. The van der Waals surface area contributed by atoms with Crippen LogP contribution in [0, 0.1) is 6.92 Å². The molecule has 0 bridgehead atoms. The van der Waals surface area contributed by atoms with Crippen LogP contribution in [0.3, 0.4) is 0 Å². The maximum Gasteiger partial charge on any atom is 0.244 e. The average molecular weight is 470 g/mol. The number of piperazine rings is 1. The molecule has 0 radical (unpaired) electrons. The molecule has 9 heteroatoms. The Kier molecular flexibility index (Phi) is 7.72. The highest BCUT2D eigenvalue weighted by atomic mass is 16.5. The molecular weight excluding hydrogens is 434 g/mol. The van der Waals surface area contributed by atoms with Crippen molar-refractivity contribution < 1.29 is 19.1 Å². The molecule has 4 rings (SSSR count). The molecule has 0 unspecified atom stereocenters. The molecule has 184 valence electrons. The van der Waals surface area contributed by atoms with E-state index in [1.165, 1.54) is 0 Å². The minimum Gasteiger partial charge on any atom is -0.493 e. The number of rotatable bonds is 7. The quantitative estimate of drug-likeness (QED) is 0.617. The molecule has 3 heterocycles. The number of carbonyl (C=O) groups is 2. The highest BCUT2D eigenvalue weighted by Crippen LogP contribution is 2.31. The number of ether oxygens (including phenoxy) is 2. The molecule has 2 aliphatic heterocycles. The summed E-state index contributed by atoms with van der Waals surface area (Å²) in [4.78, 5) is 30.4. The predicted octanol–water partition coefficient (Wildman–Crippen LogP) is 1.93. The van der Waals surface area contributed by atoms with Crippen molar-refractivity contribution in [2.75, 3.05) is 46.4 Å². The smallest absolute Gasteiger partial charge is 0.244 e. The lowest BCUT2D eigenvalue weighted by molar-refractivity contribution is -0.134. The number of aryl methyl sites for hydroxylation is 1. The summed E-state index contributed by atoms with van der Waals surface area (Å²) in [6, 6.07) is 8.00. The number of hydrogen-bond acceptors (Lipinski definition) is 6. The number of amides is 2. The van der Waals surface area contributed by atoms with Crippen molar-refractivity contribution in [1.29, 1.82) is 0 Å². The van der Waals surface area contributed by atoms with Gasteiger partial charge >= 0.3 is 0 Å². The average Bonchev–Trinajstić information content (AvgIpc) is 3.24. The normalized spacial score (nSPS) is 17.6. The zero-order chi connectivity index (χ0) is 24.1. The van der Waals surface area contributed by atoms with E-state index in [-0.39, 0.29) is 24.5 Å². The molecule has 34 heavy (non-hydrogen) atoms. The van der Waals surface area contributed by atoms with Crippen LogP contribution >= 0.6 is 0 Å². The van der Waals surface area contributed by atoms with E-state index in [9.17, 15) is 9.59 Å². The Morgan fingerprint density at radius 1 is 1.00 bits per heavy atom. The van der Waals surface area contributed by atoms with E-state index in [4.69, 9.17) is 9.47 Å². The van der Waals surface area contributed by atoms with E-state index in [0.717, 1.165) is 68.3 Å². The first kappa shape index (κ1) is 24.1. The summed E-state index contributed by atoms with van der Waals surface area (Å²) < 4.78 is 13.6. The van der Waals surface area contributed by atoms with Crippen molar-refractivity contribution in [3.05, 3.63) is 41.7 Å². The first-order valence-corrected chi connectivity index (χ1v) is 12.0. The van der Waals surface area contributed by atoms with E-state index in [1.54, 1.807) is 24.9 Å². The summed E-state index contributed by atoms with van der Waals surface area (Å²) >= 11 is 0. The fourth-order valence-corrected chi connectivity index (χ4v) is 4.59. The van der Waals surface area contributed by atoms with Crippen LogP contribution in [0.1, 0.15) is 31.0 Å². The maximum absolute atomic E-state index is 12.7. The van der Waals surface area contributed by atoms with E-state index in [1.807, 2.05) is 28.9 Å². The molecule has 2 saturated heterocycles. The Bertz CT molecular complexity index is 991. The van der Waals surface area contributed by atoms with E-state index >= 15 is 0 Å². The Labute approximate surface area is 201 Å². The number of benzene rings is 1. The van der Waals surface area contributed by atoms with Gasteiger partial charge in [0, 0.05) is 77.5 Å². The molecule has 2 aliphatic rings. The molecule has 0 saturated carbocycles. The lowest BCUT2D eigenvalue weighted by atomic mass is 10.1. The van der Waals surface area contributed by atoms with Gasteiger partial charge in [-0.2, -0.15) is 5.10 Å². The number of piperidine rings is 1. The lowest BCUT2D eigenvalue weighted by Crippen LogP contribution is -2.47. The third-order valence-electron chi connectivity index (χ3n) is 6.75. The third-order valence-corrected chi connectivity index (χ3v) is 6.75. The molecule has 0 aliphatic carbocycles. The maximum atomic E-state index is 12.7. The second-order valence-corrected chi connectivity index (χ2v) is 9.10. The van der Waals surface area contributed by atoms with Gasteiger partial charge in [-0.1, -0.05) is 6.07 Å². The molecule has 0 N–H and O–H groups in total. The van der Waals surface area contributed by atoms with Crippen molar-refractivity contribution >= 4 is 11.8 Å². The predicted molar refractivity (Wildman–Crippen MR) is 128 cm³/mol. The molecule has 9 nitrogen and oxygen atoms in total. The van der Waals surface area contributed by atoms with Gasteiger partial charge in [-0.3, -0.25) is 19.2 Å². The summed E-state index contributed by atoms with van der Waals surface area (Å²) in [6.45, 7) is 9.29. The van der Waals surface area contributed by atoms with Crippen LogP contribution in [-0.4, -0.2) is 88.8 Å². The Hall–Kier alpha value is -3.07. The fraction of sp³-hybridized carbons (Fsp3) is 0.560. The van der Waals surface area contributed by atoms with Gasteiger partial charge in [0.15, 0.2) is 11.5 Å². The van der Waals surface area contributed by atoms with E-state index < -0.39 is 0 Å². The van der Waals surface area contributed by atoms with E-state index in [2.05, 4.69) is 22.1 Å². The largest absolute Gasteiger partial charge is 0.493 e. The van der Waals surface area contributed by atoms with Crippen molar-refractivity contribution in [2.45, 2.75) is 45.9 Å². The van der Waals surface area contributed by atoms with Gasteiger partial charge in [0.2, 0.25) is 11.8 Å². The SMILES string of the molecule is COc1ccc(CN2CCN(C(C)=O)CC2)cc1OC1CCN(C(=O)Cn2nccc2C)CC1. The summed E-state index contributed by atoms with van der Waals surface area (Å²) in [6.07, 6.45) is 3.32. The molecule has 0 spiro atoms. The summed E-state index contributed by atoms with van der Waals surface area (Å²) in [5, 5.41) is 4.21. The fourth-order valence-electron chi connectivity index (χ4n) is 4.59. The number of methoxy groups -OCH3 is 1. The van der Waals surface area contributed by atoms with E-state index in [0.29, 0.717) is 13.1 Å². The second-order valence-electron chi connectivity index (χ2n) is 9.10. The summed E-state index contributed by atoms with van der Waals surface area (Å²) in [5.74, 6) is 1.70. The Morgan fingerprint density at radius 2 is 1.74 bits per heavy atom. The lowest BCUT2D eigenvalue weighted by Gasteiger charge is -2.34. The molecule has 1 aromatic carbocycles. The number of aromatic nitrogens is 2. The topological polar surface area (TPSA) is 80.1 Å². The second kappa shape index (κ2) is 10.9. The van der Waals surface area contributed by atoms with Crippen LogP contribution in [0.4, 0.5) is 0 Å². The third kappa shape index (κ3) is 5.88. The zero-order valence-electron chi connectivity index (χ0n) is 20.4. The van der Waals surface area contributed by atoms with Crippen molar-refractivity contribution in [1.82, 2.24) is 24.5 Å². The summed E-state index contributed by atoms with van der Waals surface area (Å²) in [7, 11) is 1.65. The number of carbonyl (C=O) groups excluding carboxylic acids is 2. The van der Waals surface area contributed by atoms with Crippen LogP contribution in [0.5, 0.6) is 11.5 Å². The van der Waals surface area contributed by atoms with Crippen LogP contribution in [-0.2, 0) is 22.7 Å².